The molecule has 0 aromatic carbocycles. The predicted molar refractivity (Wildman–Crippen MR) is 75.9 cm³/mol. The molecule has 2 rings (SSSR count). The first-order valence-corrected chi connectivity index (χ1v) is 7.15. The Labute approximate surface area is 111 Å². The molecule has 0 saturated carbocycles. The molecule has 2 heterocycles. The van der Waals surface area contributed by atoms with E-state index in [1.54, 1.807) is 0 Å². The van der Waals surface area contributed by atoms with Crippen molar-refractivity contribution >= 4 is 5.95 Å². The minimum Gasteiger partial charge on any atom is -0.341 e. The summed E-state index contributed by atoms with van der Waals surface area (Å²) in [4.78, 5) is 11.4. The molecule has 18 heavy (non-hydrogen) atoms. The van der Waals surface area contributed by atoms with Gasteiger partial charge in [0.1, 0.15) is 0 Å². The molecule has 0 unspecified atom stereocenters. The molecule has 3 heteroatoms. The van der Waals surface area contributed by atoms with Crippen molar-refractivity contribution in [3.63, 3.8) is 0 Å². The summed E-state index contributed by atoms with van der Waals surface area (Å²) in [6.07, 6.45) is 4.44. The Balaban J connectivity index is 2.03. The fraction of sp³-hybridized carbons (Fsp3) is 0.733. The molecule has 1 aromatic rings. The second kappa shape index (κ2) is 5.68. The summed E-state index contributed by atoms with van der Waals surface area (Å²) in [5, 5.41) is 0. The molecule has 3 nitrogen and oxygen atoms in total. The Morgan fingerprint density at radius 1 is 1.17 bits per heavy atom. The summed E-state index contributed by atoms with van der Waals surface area (Å²) in [5.41, 5.74) is 1.14. The third-order valence-corrected chi connectivity index (χ3v) is 4.02. The first-order valence-electron chi connectivity index (χ1n) is 7.15. The Morgan fingerprint density at radius 2 is 1.83 bits per heavy atom. The van der Waals surface area contributed by atoms with Crippen molar-refractivity contribution in [2.45, 2.75) is 46.5 Å². The van der Waals surface area contributed by atoms with Crippen molar-refractivity contribution in [3.8, 4) is 0 Å². The Morgan fingerprint density at radius 3 is 2.39 bits per heavy atom. The molecule has 0 amide bonds. The second-order valence-electron chi connectivity index (χ2n) is 6.00. The molecule has 1 aliphatic heterocycles. The molecule has 0 spiro atoms. The average molecular weight is 247 g/mol. The molecule has 1 saturated heterocycles. The first kappa shape index (κ1) is 13.3. The number of piperidine rings is 1. The molecule has 0 atom stereocenters. The predicted octanol–water partition coefficient (Wildman–Crippen LogP) is 3.47. The molecule has 1 aliphatic rings. The van der Waals surface area contributed by atoms with E-state index in [0.717, 1.165) is 36.6 Å². The molecule has 1 aromatic heterocycles. The highest BCUT2D eigenvalue weighted by Gasteiger charge is 2.23. The maximum Gasteiger partial charge on any atom is 0.225 e. The minimum atomic E-state index is 0.472. The van der Waals surface area contributed by atoms with Crippen molar-refractivity contribution in [3.05, 3.63) is 18.0 Å². The van der Waals surface area contributed by atoms with Crippen molar-refractivity contribution in [1.29, 1.82) is 0 Å². The van der Waals surface area contributed by atoms with E-state index in [-0.39, 0.29) is 0 Å². The van der Waals surface area contributed by atoms with Gasteiger partial charge in [0.15, 0.2) is 0 Å². The van der Waals surface area contributed by atoms with Crippen LogP contribution in [0.5, 0.6) is 0 Å². The zero-order chi connectivity index (χ0) is 13.1. The highest BCUT2D eigenvalue weighted by atomic mass is 15.2. The molecular formula is C15H25N3. The van der Waals surface area contributed by atoms with E-state index in [4.69, 9.17) is 0 Å². The van der Waals surface area contributed by atoms with E-state index in [9.17, 15) is 0 Å². The van der Waals surface area contributed by atoms with Gasteiger partial charge in [0.05, 0.1) is 0 Å². The Kier molecular flexibility index (Phi) is 4.20. The molecule has 1 fully saturated rings. The van der Waals surface area contributed by atoms with Crippen molar-refractivity contribution in [2.24, 2.45) is 11.8 Å². The number of anilines is 1. The van der Waals surface area contributed by atoms with Crippen LogP contribution in [0.1, 0.15) is 52.1 Å². The quantitative estimate of drug-likeness (QED) is 0.819. The monoisotopic (exact) mass is 247 g/mol. The van der Waals surface area contributed by atoms with E-state index < -0.39 is 0 Å². The van der Waals surface area contributed by atoms with Gasteiger partial charge in [-0.05, 0) is 36.7 Å². The van der Waals surface area contributed by atoms with E-state index >= 15 is 0 Å². The maximum absolute atomic E-state index is 4.68. The van der Waals surface area contributed by atoms with Crippen LogP contribution in [0.25, 0.3) is 0 Å². The lowest BCUT2D eigenvalue weighted by Crippen LogP contribution is -2.36. The lowest BCUT2D eigenvalue weighted by molar-refractivity contribution is 0.310. The van der Waals surface area contributed by atoms with Crippen molar-refractivity contribution in [2.75, 3.05) is 18.0 Å². The standard InChI is InChI=1S/C15H25N3/c1-11(2)13-6-9-18(10-7-13)15-16-8-5-14(17-15)12(3)4/h5,8,11-13H,6-7,9-10H2,1-4H3. The van der Waals surface area contributed by atoms with Gasteiger partial charge in [-0.2, -0.15) is 0 Å². The van der Waals surface area contributed by atoms with Crippen molar-refractivity contribution in [1.82, 2.24) is 9.97 Å². The lowest BCUT2D eigenvalue weighted by atomic mass is 9.87. The van der Waals surface area contributed by atoms with Crippen molar-refractivity contribution < 1.29 is 0 Å². The van der Waals surface area contributed by atoms with Crippen LogP contribution < -0.4 is 4.90 Å². The maximum atomic E-state index is 4.68. The van der Waals surface area contributed by atoms with Crippen LogP contribution in [-0.2, 0) is 0 Å². The van der Waals surface area contributed by atoms with Crippen LogP contribution in [0.15, 0.2) is 12.3 Å². The third-order valence-electron chi connectivity index (χ3n) is 4.02. The highest BCUT2D eigenvalue weighted by Crippen LogP contribution is 2.26. The summed E-state index contributed by atoms with van der Waals surface area (Å²) in [6.45, 7) is 11.2. The normalized spacial score (nSPS) is 17.8. The smallest absolute Gasteiger partial charge is 0.225 e. The second-order valence-corrected chi connectivity index (χ2v) is 6.00. The number of hydrogen-bond donors (Lipinski definition) is 0. The van der Waals surface area contributed by atoms with Gasteiger partial charge in [-0.3, -0.25) is 0 Å². The van der Waals surface area contributed by atoms with Gasteiger partial charge in [-0.15, -0.1) is 0 Å². The summed E-state index contributed by atoms with van der Waals surface area (Å²) in [7, 11) is 0. The summed E-state index contributed by atoms with van der Waals surface area (Å²) in [6, 6.07) is 2.02. The van der Waals surface area contributed by atoms with Crippen LogP contribution in [0.3, 0.4) is 0 Å². The van der Waals surface area contributed by atoms with E-state index in [1.165, 1.54) is 12.8 Å². The fourth-order valence-corrected chi connectivity index (χ4v) is 2.60. The van der Waals surface area contributed by atoms with Gasteiger partial charge in [0, 0.05) is 25.0 Å². The number of nitrogens with zero attached hydrogens (tertiary/aromatic N) is 3. The minimum absolute atomic E-state index is 0.472. The molecular weight excluding hydrogens is 222 g/mol. The zero-order valence-corrected chi connectivity index (χ0v) is 12.1. The summed E-state index contributed by atoms with van der Waals surface area (Å²) >= 11 is 0. The molecule has 0 radical (unpaired) electrons. The van der Waals surface area contributed by atoms with Gasteiger partial charge < -0.3 is 4.90 Å². The van der Waals surface area contributed by atoms with Gasteiger partial charge >= 0.3 is 0 Å². The summed E-state index contributed by atoms with van der Waals surface area (Å²) in [5.74, 6) is 3.06. The van der Waals surface area contributed by atoms with Gasteiger partial charge in [0.25, 0.3) is 0 Å². The number of rotatable bonds is 3. The van der Waals surface area contributed by atoms with E-state index in [0.29, 0.717) is 5.92 Å². The van der Waals surface area contributed by atoms with E-state index in [2.05, 4.69) is 42.6 Å². The SMILES string of the molecule is CC(C)c1ccnc(N2CCC(C(C)C)CC2)n1. The molecule has 0 aliphatic carbocycles. The topological polar surface area (TPSA) is 29.0 Å². The van der Waals surface area contributed by atoms with Crippen LogP contribution in [-0.4, -0.2) is 23.1 Å². The van der Waals surface area contributed by atoms with Gasteiger partial charge in [-0.1, -0.05) is 27.7 Å². The van der Waals surface area contributed by atoms with Gasteiger partial charge in [-0.25, -0.2) is 9.97 Å². The summed E-state index contributed by atoms with van der Waals surface area (Å²) < 4.78 is 0. The Bertz CT molecular complexity index is 379. The fourth-order valence-electron chi connectivity index (χ4n) is 2.60. The first-order chi connectivity index (χ1) is 8.58. The molecule has 100 valence electrons. The average Bonchev–Trinajstić information content (AvgIpc) is 2.39. The molecule has 0 bridgehead atoms. The van der Waals surface area contributed by atoms with Crippen LogP contribution in [0.4, 0.5) is 5.95 Å². The third kappa shape index (κ3) is 3.01. The number of aromatic nitrogens is 2. The van der Waals surface area contributed by atoms with E-state index in [1.807, 2.05) is 12.3 Å². The van der Waals surface area contributed by atoms with Gasteiger partial charge in [0.2, 0.25) is 5.95 Å². The zero-order valence-electron chi connectivity index (χ0n) is 12.1. The van der Waals surface area contributed by atoms with Crippen LogP contribution in [0, 0.1) is 11.8 Å². The number of hydrogen-bond acceptors (Lipinski definition) is 3. The lowest BCUT2D eigenvalue weighted by Gasteiger charge is -2.34. The van der Waals surface area contributed by atoms with Crippen LogP contribution >= 0.6 is 0 Å². The molecule has 0 N–H and O–H groups in total. The Hall–Kier alpha value is -1.12. The highest BCUT2D eigenvalue weighted by molar-refractivity contribution is 5.31. The largest absolute Gasteiger partial charge is 0.341 e. The van der Waals surface area contributed by atoms with Crippen LogP contribution in [0.2, 0.25) is 0 Å².